The Morgan fingerprint density at radius 3 is 2.68 bits per heavy atom. The summed E-state index contributed by atoms with van der Waals surface area (Å²) in [6.07, 6.45) is -0.744. The number of nitrogens with zero attached hydrogens (tertiary/aromatic N) is 3. The SMILES string of the molecule is CN(C)c1ncc(-c2cccc(C(F)(F)F)c2)c([C@H]2CCCNC2)n1. The maximum Gasteiger partial charge on any atom is 0.416 e. The second-order valence-electron chi connectivity index (χ2n) is 6.49. The van der Waals surface area contributed by atoms with E-state index in [1.807, 2.05) is 14.1 Å². The Labute approximate surface area is 145 Å². The fraction of sp³-hybridized carbons (Fsp3) is 0.444. The zero-order valence-electron chi connectivity index (χ0n) is 14.3. The highest BCUT2D eigenvalue weighted by Gasteiger charge is 2.31. The number of alkyl halides is 3. The molecule has 2 aromatic rings. The first-order valence-electron chi connectivity index (χ1n) is 8.29. The van der Waals surface area contributed by atoms with Crippen LogP contribution in [0.5, 0.6) is 0 Å². The molecule has 1 N–H and O–H groups in total. The Balaban J connectivity index is 2.08. The van der Waals surface area contributed by atoms with E-state index in [2.05, 4.69) is 15.3 Å². The summed E-state index contributed by atoms with van der Waals surface area (Å²) in [7, 11) is 3.70. The molecule has 4 nitrogen and oxygen atoms in total. The van der Waals surface area contributed by atoms with Crippen LogP contribution in [0.4, 0.5) is 19.1 Å². The van der Waals surface area contributed by atoms with Crippen molar-refractivity contribution in [2.75, 3.05) is 32.1 Å². The number of aromatic nitrogens is 2. The third kappa shape index (κ3) is 3.92. The predicted octanol–water partition coefficient (Wildman–Crippen LogP) is 3.70. The molecule has 3 rings (SSSR count). The minimum Gasteiger partial charge on any atom is -0.347 e. The first-order valence-corrected chi connectivity index (χ1v) is 8.29. The number of anilines is 1. The quantitative estimate of drug-likeness (QED) is 0.917. The molecule has 7 heteroatoms. The van der Waals surface area contributed by atoms with E-state index in [9.17, 15) is 13.2 Å². The highest BCUT2D eigenvalue weighted by Crippen LogP contribution is 2.35. The Morgan fingerprint density at radius 1 is 1.24 bits per heavy atom. The van der Waals surface area contributed by atoms with E-state index in [1.165, 1.54) is 12.1 Å². The molecule has 0 radical (unpaired) electrons. The lowest BCUT2D eigenvalue weighted by molar-refractivity contribution is -0.137. The van der Waals surface area contributed by atoms with Gasteiger partial charge in [-0.15, -0.1) is 0 Å². The second-order valence-corrected chi connectivity index (χ2v) is 6.49. The topological polar surface area (TPSA) is 41.1 Å². The number of nitrogens with one attached hydrogen (secondary N) is 1. The van der Waals surface area contributed by atoms with E-state index >= 15 is 0 Å². The number of hydrogen-bond donors (Lipinski definition) is 1. The standard InChI is InChI=1S/C18H21F3N4/c1-25(2)17-23-11-15(16(24-17)13-6-4-8-22-10-13)12-5-3-7-14(9-12)18(19,20)21/h3,5,7,9,11,13,22H,4,6,8,10H2,1-2H3/t13-/m0/s1. The largest absolute Gasteiger partial charge is 0.416 e. The lowest BCUT2D eigenvalue weighted by Crippen LogP contribution is -2.29. The van der Waals surface area contributed by atoms with E-state index in [0.29, 0.717) is 17.1 Å². The fourth-order valence-corrected chi connectivity index (χ4v) is 3.08. The van der Waals surface area contributed by atoms with E-state index in [0.717, 1.165) is 37.7 Å². The third-order valence-electron chi connectivity index (χ3n) is 4.39. The maximum atomic E-state index is 13.1. The van der Waals surface area contributed by atoms with Gasteiger partial charge in [0.1, 0.15) is 0 Å². The molecule has 1 saturated heterocycles. The Bertz CT molecular complexity index is 737. The van der Waals surface area contributed by atoms with Crippen molar-refractivity contribution >= 4 is 5.95 Å². The minimum atomic E-state index is -4.37. The van der Waals surface area contributed by atoms with Gasteiger partial charge in [0.05, 0.1) is 11.3 Å². The van der Waals surface area contributed by atoms with Crippen LogP contribution in [-0.2, 0) is 6.18 Å². The first kappa shape index (κ1) is 17.7. The van der Waals surface area contributed by atoms with Crippen LogP contribution < -0.4 is 10.2 Å². The monoisotopic (exact) mass is 350 g/mol. The van der Waals surface area contributed by atoms with Gasteiger partial charge in [0.15, 0.2) is 0 Å². The summed E-state index contributed by atoms with van der Waals surface area (Å²) in [5.41, 5.74) is 1.32. The zero-order chi connectivity index (χ0) is 18.0. The number of benzene rings is 1. The van der Waals surface area contributed by atoms with E-state index < -0.39 is 11.7 Å². The summed E-state index contributed by atoms with van der Waals surface area (Å²) < 4.78 is 39.2. The van der Waals surface area contributed by atoms with Crippen molar-refractivity contribution in [3.05, 3.63) is 41.7 Å². The molecule has 1 fully saturated rings. The van der Waals surface area contributed by atoms with Crippen molar-refractivity contribution in [2.45, 2.75) is 24.9 Å². The predicted molar refractivity (Wildman–Crippen MR) is 91.6 cm³/mol. The van der Waals surface area contributed by atoms with Crippen molar-refractivity contribution in [2.24, 2.45) is 0 Å². The van der Waals surface area contributed by atoms with Crippen molar-refractivity contribution in [3.63, 3.8) is 0 Å². The van der Waals surface area contributed by atoms with Crippen molar-refractivity contribution in [3.8, 4) is 11.1 Å². The smallest absolute Gasteiger partial charge is 0.347 e. The Kier molecular flexibility index (Phi) is 4.94. The van der Waals surface area contributed by atoms with Crippen LogP contribution in [0.15, 0.2) is 30.5 Å². The molecule has 0 amide bonds. The first-order chi connectivity index (χ1) is 11.9. The lowest BCUT2D eigenvalue weighted by atomic mass is 9.90. The Morgan fingerprint density at radius 2 is 2.04 bits per heavy atom. The maximum absolute atomic E-state index is 13.1. The summed E-state index contributed by atoms with van der Waals surface area (Å²) in [4.78, 5) is 10.8. The molecular weight excluding hydrogens is 329 g/mol. The molecule has 134 valence electrons. The number of hydrogen-bond acceptors (Lipinski definition) is 4. The van der Waals surface area contributed by atoms with E-state index in [4.69, 9.17) is 0 Å². The van der Waals surface area contributed by atoms with Gasteiger partial charge in [0.2, 0.25) is 5.95 Å². The van der Waals surface area contributed by atoms with E-state index in [-0.39, 0.29) is 5.92 Å². The molecule has 1 aliphatic heterocycles. The summed E-state index contributed by atoms with van der Waals surface area (Å²) in [6, 6.07) is 5.37. The summed E-state index contributed by atoms with van der Waals surface area (Å²) in [5, 5.41) is 3.34. The molecule has 1 aliphatic rings. The fourth-order valence-electron chi connectivity index (χ4n) is 3.08. The zero-order valence-corrected chi connectivity index (χ0v) is 14.3. The lowest BCUT2D eigenvalue weighted by Gasteiger charge is -2.25. The molecular formula is C18H21F3N4. The Hall–Kier alpha value is -2.15. The molecule has 1 atom stereocenters. The molecule has 2 heterocycles. The van der Waals surface area contributed by atoms with Crippen LogP contribution in [0, 0.1) is 0 Å². The molecule has 1 aromatic heterocycles. The summed E-state index contributed by atoms with van der Waals surface area (Å²) >= 11 is 0. The highest BCUT2D eigenvalue weighted by molar-refractivity contribution is 5.67. The summed E-state index contributed by atoms with van der Waals surface area (Å²) in [5.74, 6) is 0.733. The van der Waals surface area contributed by atoms with Crippen molar-refractivity contribution in [1.29, 1.82) is 0 Å². The van der Waals surface area contributed by atoms with Crippen LogP contribution in [-0.4, -0.2) is 37.2 Å². The van der Waals surface area contributed by atoms with Crippen molar-refractivity contribution in [1.82, 2.24) is 15.3 Å². The highest BCUT2D eigenvalue weighted by atomic mass is 19.4. The molecule has 0 saturated carbocycles. The van der Waals surface area contributed by atoms with Crippen LogP contribution in [0.2, 0.25) is 0 Å². The molecule has 0 spiro atoms. The van der Waals surface area contributed by atoms with Gasteiger partial charge in [-0.05, 0) is 37.1 Å². The van der Waals surface area contributed by atoms with Gasteiger partial charge in [0.25, 0.3) is 0 Å². The molecule has 0 aliphatic carbocycles. The van der Waals surface area contributed by atoms with Gasteiger partial charge in [-0.2, -0.15) is 13.2 Å². The molecule has 0 bridgehead atoms. The van der Waals surface area contributed by atoms with Gasteiger partial charge in [0, 0.05) is 38.3 Å². The average Bonchev–Trinajstić information content (AvgIpc) is 2.61. The van der Waals surface area contributed by atoms with Gasteiger partial charge < -0.3 is 10.2 Å². The van der Waals surface area contributed by atoms with Crippen molar-refractivity contribution < 1.29 is 13.2 Å². The average molecular weight is 350 g/mol. The number of halogens is 3. The van der Waals surface area contributed by atoms with Gasteiger partial charge in [-0.25, -0.2) is 9.97 Å². The molecule has 0 unspecified atom stereocenters. The molecule has 25 heavy (non-hydrogen) atoms. The molecule has 1 aromatic carbocycles. The van der Waals surface area contributed by atoms with Crippen LogP contribution in [0.1, 0.15) is 30.0 Å². The van der Waals surface area contributed by atoms with Gasteiger partial charge in [-0.3, -0.25) is 0 Å². The van der Waals surface area contributed by atoms with Gasteiger partial charge in [-0.1, -0.05) is 12.1 Å². The normalized spacial score (nSPS) is 18.2. The third-order valence-corrected chi connectivity index (χ3v) is 4.39. The van der Waals surface area contributed by atoms with Gasteiger partial charge >= 0.3 is 6.18 Å². The summed E-state index contributed by atoms with van der Waals surface area (Å²) in [6.45, 7) is 1.73. The van der Waals surface area contributed by atoms with Crippen LogP contribution in [0.25, 0.3) is 11.1 Å². The van der Waals surface area contributed by atoms with Crippen LogP contribution in [0.3, 0.4) is 0 Å². The number of rotatable bonds is 3. The minimum absolute atomic E-state index is 0.167. The van der Waals surface area contributed by atoms with Crippen LogP contribution >= 0.6 is 0 Å². The number of piperidine rings is 1. The van der Waals surface area contributed by atoms with E-state index in [1.54, 1.807) is 17.2 Å². The second kappa shape index (κ2) is 7.00.